The molecule has 2 heterocycles. The van der Waals surface area contributed by atoms with Crippen molar-refractivity contribution in [3.63, 3.8) is 0 Å². The van der Waals surface area contributed by atoms with Crippen LogP contribution in [0.2, 0.25) is 0 Å². The number of nitrogens with zero attached hydrogens (tertiary/aromatic N) is 2. The van der Waals surface area contributed by atoms with Gasteiger partial charge in [-0.15, -0.1) is 0 Å². The summed E-state index contributed by atoms with van der Waals surface area (Å²) < 4.78 is 0.794. The third kappa shape index (κ3) is 3.81. The van der Waals surface area contributed by atoms with E-state index < -0.39 is 5.91 Å². The van der Waals surface area contributed by atoms with Crippen molar-refractivity contribution in [1.29, 1.82) is 0 Å². The first-order valence-corrected chi connectivity index (χ1v) is 9.96. The zero-order valence-electron chi connectivity index (χ0n) is 15.5. The quantitative estimate of drug-likeness (QED) is 0.567. The molecule has 7 heteroatoms. The molecule has 0 spiro atoms. The van der Waals surface area contributed by atoms with Gasteiger partial charge < -0.3 is 15.1 Å². The Balaban J connectivity index is 1.52. The zero-order chi connectivity index (χ0) is 19.7. The molecule has 2 aromatic carbocycles. The van der Waals surface area contributed by atoms with E-state index in [1.165, 1.54) is 5.69 Å². The number of carbonyl (C=O) groups is 2. The number of benzene rings is 2. The normalized spacial score (nSPS) is 18.8. The number of hydrogen-bond acceptors (Lipinski definition) is 5. The van der Waals surface area contributed by atoms with Crippen molar-refractivity contribution in [2.24, 2.45) is 0 Å². The highest BCUT2D eigenvalue weighted by Gasteiger charge is 2.27. The lowest BCUT2D eigenvalue weighted by Crippen LogP contribution is -2.44. The molecule has 0 aromatic heterocycles. The number of imide groups is 1. The summed E-state index contributed by atoms with van der Waals surface area (Å²) in [5.41, 5.74) is 3.62. The molecule has 144 valence electrons. The molecule has 0 saturated carbocycles. The maximum atomic E-state index is 12.3. The monoisotopic (exact) mass is 440 g/mol. The minimum atomic E-state index is -0.402. The van der Waals surface area contributed by atoms with Crippen molar-refractivity contribution in [3.05, 3.63) is 64.3 Å². The minimum Gasteiger partial charge on any atom is -0.369 e. The van der Waals surface area contributed by atoms with Gasteiger partial charge in [0.2, 0.25) is 0 Å². The Labute approximate surface area is 172 Å². The Hall–Kier alpha value is -2.64. The summed E-state index contributed by atoms with van der Waals surface area (Å²) in [5, 5.41) is 5.57. The van der Waals surface area contributed by atoms with E-state index in [1.54, 1.807) is 18.3 Å². The van der Waals surface area contributed by atoms with Crippen LogP contribution in [0.5, 0.6) is 0 Å². The first-order valence-electron chi connectivity index (χ1n) is 9.17. The Morgan fingerprint density at radius 3 is 2.39 bits per heavy atom. The van der Waals surface area contributed by atoms with Gasteiger partial charge in [-0.05, 0) is 43.4 Å². The number of halogens is 1. The number of fused-ring (bicyclic) bond motifs is 1. The summed E-state index contributed by atoms with van der Waals surface area (Å²) in [7, 11) is 2.14. The average molecular weight is 441 g/mol. The van der Waals surface area contributed by atoms with Crippen LogP contribution in [0, 0.1) is 0 Å². The molecule has 2 N–H and O–H groups in total. The van der Waals surface area contributed by atoms with Crippen LogP contribution in [0.4, 0.5) is 11.4 Å². The molecule has 2 aromatic rings. The zero-order valence-corrected chi connectivity index (χ0v) is 17.1. The Kier molecular flexibility index (Phi) is 5.19. The van der Waals surface area contributed by atoms with E-state index in [9.17, 15) is 9.59 Å². The summed E-state index contributed by atoms with van der Waals surface area (Å²) in [5.74, 6) is -0.781. The summed E-state index contributed by atoms with van der Waals surface area (Å²) in [6.07, 6.45) is 1.65. The average Bonchev–Trinajstić information content (AvgIpc) is 2.69. The summed E-state index contributed by atoms with van der Waals surface area (Å²) in [6, 6.07) is 13.5. The Bertz CT molecular complexity index is 947. The van der Waals surface area contributed by atoms with Crippen LogP contribution in [0.15, 0.2) is 53.1 Å². The van der Waals surface area contributed by atoms with Crippen LogP contribution in [0.1, 0.15) is 15.9 Å². The molecule has 6 nitrogen and oxygen atoms in total. The van der Waals surface area contributed by atoms with Gasteiger partial charge in [-0.1, -0.05) is 22.0 Å². The Morgan fingerprint density at radius 1 is 0.964 bits per heavy atom. The van der Waals surface area contributed by atoms with Crippen molar-refractivity contribution in [3.8, 4) is 0 Å². The first-order chi connectivity index (χ1) is 13.5. The fraction of sp³-hybridized carbons (Fsp3) is 0.238. The highest BCUT2D eigenvalue weighted by atomic mass is 79.9. The van der Waals surface area contributed by atoms with Crippen molar-refractivity contribution in [1.82, 2.24) is 10.2 Å². The maximum Gasteiger partial charge on any atom is 0.260 e. The van der Waals surface area contributed by atoms with E-state index in [2.05, 4.69) is 55.5 Å². The number of nitrogens with one attached hydrogen (secondary N) is 2. The molecule has 2 amide bonds. The van der Waals surface area contributed by atoms with Gasteiger partial charge in [0, 0.05) is 59.4 Å². The van der Waals surface area contributed by atoms with Crippen molar-refractivity contribution in [2.75, 3.05) is 43.4 Å². The number of carbonyl (C=O) groups excluding carboxylic acids is 2. The minimum absolute atomic E-state index is 0.380. The van der Waals surface area contributed by atoms with Gasteiger partial charge in [0.1, 0.15) is 0 Å². The van der Waals surface area contributed by atoms with Gasteiger partial charge in [-0.25, -0.2) is 0 Å². The van der Waals surface area contributed by atoms with E-state index in [4.69, 9.17) is 0 Å². The van der Waals surface area contributed by atoms with Crippen LogP contribution < -0.4 is 15.5 Å². The molecule has 0 atom stereocenters. The third-order valence-electron chi connectivity index (χ3n) is 5.11. The van der Waals surface area contributed by atoms with E-state index in [1.807, 2.05) is 18.2 Å². The number of likely N-dealkylation sites (N-methyl/N-ethyl adjacent to an activating group) is 1. The number of rotatable bonds is 3. The lowest BCUT2D eigenvalue weighted by molar-refractivity contribution is -0.114. The molecular weight excluding hydrogens is 420 g/mol. The predicted molar refractivity (Wildman–Crippen MR) is 114 cm³/mol. The van der Waals surface area contributed by atoms with Crippen molar-refractivity contribution < 1.29 is 9.59 Å². The molecule has 0 bridgehead atoms. The van der Waals surface area contributed by atoms with Gasteiger partial charge in [-0.3, -0.25) is 14.9 Å². The molecule has 2 aliphatic rings. The third-order valence-corrected chi connectivity index (χ3v) is 5.60. The molecule has 1 fully saturated rings. The van der Waals surface area contributed by atoms with Crippen LogP contribution in [-0.4, -0.2) is 49.9 Å². The van der Waals surface area contributed by atoms with Gasteiger partial charge in [0.05, 0.1) is 5.57 Å². The second-order valence-corrected chi connectivity index (χ2v) is 7.93. The fourth-order valence-electron chi connectivity index (χ4n) is 3.43. The number of hydrogen-bond donors (Lipinski definition) is 2. The first kappa shape index (κ1) is 18.7. The smallest absolute Gasteiger partial charge is 0.260 e. The van der Waals surface area contributed by atoms with Gasteiger partial charge in [0.25, 0.3) is 11.8 Å². The number of amides is 2. The highest BCUT2D eigenvalue weighted by Crippen LogP contribution is 2.27. The second-order valence-electron chi connectivity index (χ2n) is 7.01. The lowest BCUT2D eigenvalue weighted by Gasteiger charge is -2.34. The number of piperazine rings is 1. The lowest BCUT2D eigenvalue weighted by atomic mass is 9.95. The fourth-order valence-corrected chi connectivity index (χ4v) is 3.79. The number of anilines is 2. The molecule has 28 heavy (non-hydrogen) atoms. The SMILES string of the molecule is CN1CCN(c2ccc(N/C=C3\C(=O)NC(=O)c4cc(Br)ccc43)cc2)CC1. The van der Waals surface area contributed by atoms with Gasteiger partial charge in [-0.2, -0.15) is 0 Å². The molecule has 2 aliphatic heterocycles. The van der Waals surface area contributed by atoms with Gasteiger partial charge in [0.15, 0.2) is 0 Å². The molecular formula is C21H21BrN4O2. The highest BCUT2D eigenvalue weighted by molar-refractivity contribution is 9.10. The maximum absolute atomic E-state index is 12.3. The predicted octanol–water partition coefficient (Wildman–Crippen LogP) is 2.92. The molecule has 0 aliphatic carbocycles. The van der Waals surface area contributed by atoms with E-state index in [0.29, 0.717) is 16.7 Å². The van der Waals surface area contributed by atoms with Crippen molar-refractivity contribution in [2.45, 2.75) is 0 Å². The molecule has 0 radical (unpaired) electrons. The van der Waals surface area contributed by atoms with E-state index in [0.717, 1.165) is 36.3 Å². The summed E-state index contributed by atoms with van der Waals surface area (Å²) in [4.78, 5) is 29.1. The van der Waals surface area contributed by atoms with Crippen LogP contribution in [0.3, 0.4) is 0 Å². The topological polar surface area (TPSA) is 64.7 Å². The second kappa shape index (κ2) is 7.77. The van der Waals surface area contributed by atoms with E-state index >= 15 is 0 Å². The molecule has 4 rings (SSSR count). The van der Waals surface area contributed by atoms with Crippen LogP contribution in [0.25, 0.3) is 5.57 Å². The van der Waals surface area contributed by atoms with E-state index in [-0.39, 0.29) is 5.91 Å². The van der Waals surface area contributed by atoms with Crippen molar-refractivity contribution >= 4 is 44.7 Å². The molecule has 1 saturated heterocycles. The van der Waals surface area contributed by atoms with Crippen LogP contribution in [-0.2, 0) is 4.79 Å². The summed E-state index contributed by atoms with van der Waals surface area (Å²) in [6.45, 7) is 4.17. The van der Waals surface area contributed by atoms with Gasteiger partial charge >= 0.3 is 0 Å². The summed E-state index contributed by atoms with van der Waals surface area (Å²) >= 11 is 3.36. The standard InChI is InChI=1S/C21H21BrN4O2/c1-25-8-10-26(11-9-25)16-5-3-15(4-6-16)23-13-19-17-7-2-14(22)12-18(17)20(27)24-21(19)28/h2-7,12-13,23H,8-11H2,1H3,(H,24,27,28)/b19-13-. The Morgan fingerprint density at radius 2 is 1.68 bits per heavy atom. The molecule has 0 unspecified atom stereocenters. The largest absolute Gasteiger partial charge is 0.369 e. The van der Waals surface area contributed by atoms with Crippen LogP contribution >= 0.6 is 15.9 Å².